The molecule has 0 bridgehead atoms. The van der Waals surface area contributed by atoms with E-state index in [0.717, 1.165) is 32.9 Å². The molecule has 0 saturated carbocycles. The summed E-state index contributed by atoms with van der Waals surface area (Å²) < 4.78 is 1.98. The number of hydrogen-bond donors (Lipinski definition) is 2. The van der Waals surface area contributed by atoms with Crippen molar-refractivity contribution in [3.63, 3.8) is 0 Å². The average Bonchev–Trinajstić information content (AvgIpc) is 3.01. The highest BCUT2D eigenvalue weighted by molar-refractivity contribution is 7.99. The van der Waals surface area contributed by atoms with Crippen LogP contribution >= 0.6 is 11.8 Å². The Labute approximate surface area is 194 Å². The van der Waals surface area contributed by atoms with Crippen molar-refractivity contribution in [1.82, 2.24) is 15.0 Å². The number of phenolic OH excluding ortho intramolecular Hbond substituents is 1. The van der Waals surface area contributed by atoms with E-state index in [-0.39, 0.29) is 22.5 Å². The molecular weight excluding hydrogens is 420 g/mol. The zero-order chi connectivity index (χ0) is 23.7. The molecule has 6 nitrogen and oxygen atoms in total. The van der Waals surface area contributed by atoms with Gasteiger partial charge in [-0.1, -0.05) is 65.4 Å². The zero-order valence-electron chi connectivity index (χ0n) is 19.9. The Morgan fingerprint density at radius 3 is 2.28 bits per heavy atom. The molecule has 2 N–H and O–H groups in total. The van der Waals surface area contributed by atoms with Crippen LogP contribution in [0.1, 0.15) is 58.2 Å². The second-order valence-electron chi connectivity index (χ2n) is 9.99. The molecule has 0 aliphatic heterocycles. The lowest BCUT2D eigenvalue weighted by molar-refractivity contribution is -0.118. The van der Waals surface area contributed by atoms with Gasteiger partial charge in [0.25, 0.3) is 5.91 Å². The lowest BCUT2D eigenvalue weighted by Gasteiger charge is -2.27. The van der Waals surface area contributed by atoms with Crippen LogP contribution in [0.5, 0.6) is 5.75 Å². The molecule has 170 valence electrons. The fourth-order valence-corrected chi connectivity index (χ4v) is 4.25. The highest BCUT2D eigenvalue weighted by Gasteiger charge is 2.26. The minimum atomic E-state index is -0.223. The van der Waals surface area contributed by atoms with Crippen molar-refractivity contribution in [2.75, 3.05) is 5.75 Å². The van der Waals surface area contributed by atoms with Crippen molar-refractivity contribution in [1.29, 1.82) is 0 Å². The van der Waals surface area contributed by atoms with Crippen LogP contribution in [-0.4, -0.2) is 32.5 Å². The normalized spacial score (nSPS) is 12.6. The number of phenols is 1. The van der Waals surface area contributed by atoms with Crippen LogP contribution in [0.3, 0.4) is 0 Å². The van der Waals surface area contributed by atoms with Crippen molar-refractivity contribution < 1.29 is 9.90 Å². The molecule has 0 unspecified atom stereocenters. The van der Waals surface area contributed by atoms with Gasteiger partial charge < -0.3 is 9.67 Å². The number of fused-ring (bicyclic) bond motifs is 1. The van der Waals surface area contributed by atoms with Crippen molar-refractivity contribution in [2.45, 2.75) is 57.5 Å². The van der Waals surface area contributed by atoms with E-state index >= 15 is 0 Å². The van der Waals surface area contributed by atoms with Gasteiger partial charge in [0, 0.05) is 18.2 Å². The van der Waals surface area contributed by atoms with Gasteiger partial charge in [-0.25, -0.2) is 10.4 Å². The second-order valence-corrected chi connectivity index (χ2v) is 10.9. The van der Waals surface area contributed by atoms with Gasteiger partial charge in [-0.3, -0.25) is 4.79 Å². The standard InChI is InChI=1S/C25H32N4O2S/c1-24(2,3)17-12-16(13-18(22(17)31)25(4,5)6)14-26-28-21(30)15-32-23-27-19-10-8-9-11-20(19)29(23)7/h8-14,31H,15H2,1-7H3,(H,28,30)/b26-14-. The van der Waals surface area contributed by atoms with Crippen LogP contribution < -0.4 is 5.43 Å². The number of carbonyl (C=O) groups is 1. The lowest BCUT2D eigenvalue weighted by Crippen LogP contribution is -2.20. The fourth-order valence-electron chi connectivity index (χ4n) is 3.47. The van der Waals surface area contributed by atoms with Gasteiger partial charge in [0.2, 0.25) is 0 Å². The van der Waals surface area contributed by atoms with E-state index in [9.17, 15) is 9.90 Å². The van der Waals surface area contributed by atoms with Crippen molar-refractivity contribution in [2.24, 2.45) is 12.1 Å². The molecule has 3 aromatic rings. The topological polar surface area (TPSA) is 79.5 Å². The Kier molecular flexibility index (Phi) is 6.69. The lowest BCUT2D eigenvalue weighted by atomic mass is 9.78. The SMILES string of the molecule is Cn1c(SCC(=O)N/N=C\c2cc(C(C)(C)C)c(O)c(C(C)(C)C)c2)nc2ccccc21. The molecule has 0 radical (unpaired) electrons. The molecular formula is C25H32N4O2S. The molecule has 0 fully saturated rings. The van der Waals surface area contributed by atoms with Crippen LogP contribution in [-0.2, 0) is 22.7 Å². The Bertz CT molecular complexity index is 1130. The maximum atomic E-state index is 12.3. The first-order valence-electron chi connectivity index (χ1n) is 10.6. The summed E-state index contributed by atoms with van der Waals surface area (Å²) in [7, 11) is 1.94. The molecule has 0 atom stereocenters. The predicted molar refractivity (Wildman–Crippen MR) is 133 cm³/mol. The number of imidazole rings is 1. The van der Waals surface area contributed by atoms with E-state index in [4.69, 9.17) is 0 Å². The molecule has 2 aromatic carbocycles. The number of rotatable bonds is 5. The number of hydrazone groups is 1. The molecule has 0 aliphatic carbocycles. The summed E-state index contributed by atoms with van der Waals surface area (Å²) in [5.74, 6) is 0.333. The predicted octanol–water partition coefficient (Wildman–Crippen LogP) is 5.12. The number of aromatic hydroxyl groups is 1. The summed E-state index contributed by atoms with van der Waals surface area (Å²) in [6, 6.07) is 11.7. The molecule has 1 amide bonds. The minimum absolute atomic E-state index is 0.204. The van der Waals surface area contributed by atoms with Crippen LogP contribution in [0, 0.1) is 0 Å². The van der Waals surface area contributed by atoms with Crippen LogP contribution in [0.2, 0.25) is 0 Å². The first-order chi connectivity index (χ1) is 14.9. The van der Waals surface area contributed by atoms with Gasteiger partial charge in [0.1, 0.15) is 5.75 Å². The van der Waals surface area contributed by atoms with Crippen molar-refractivity contribution >= 4 is 34.9 Å². The first-order valence-corrected chi connectivity index (χ1v) is 11.6. The van der Waals surface area contributed by atoms with Gasteiger partial charge in [-0.2, -0.15) is 5.10 Å². The summed E-state index contributed by atoms with van der Waals surface area (Å²) in [6.07, 6.45) is 1.63. The second kappa shape index (κ2) is 8.98. The number of benzene rings is 2. The molecule has 32 heavy (non-hydrogen) atoms. The van der Waals surface area contributed by atoms with E-state index in [2.05, 4.69) is 57.1 Å². The number of aromatic nitrogens is 2. The first kappa shape index (κ1) is 23.9. The Balaban J connectivity index is 1.71. The number of nitrogens with zero attached hydrogens (tertiary/aromatic N) is 3. The minimum Gasteiger partial charge on any atom is -0.507 e. The number of nitrogens with one attached hydrogen (secondary N) is 1. The van der Waals surface area contributed by atoms with Crippen LogP contribution in [0.15, 0.2) is 46.7 Å². The van der Waals surface area contributed by atoms with E-state index in [1.165, 1.54) is 11.8 Å². The monoisotopic (exact) mass is 452 g/mol. The largest absolute Gasteiger partial charge is 0.507 e. The van der Waals surface area contributed by atoms with Crippen LogP contribution in [0.25, 0.3) is 11.0 Å². The number of thioether (sulfide) groups is 1. The molecule has 0 saturated heterocycles. The average molecular weight is 453 g/mol. The number of amides is 1. The van der Waals surface area contributed by atoms with Crippen molar-refractivity contribution in [3.05, 3.63) is 53.1 Å². The third-order valence-electron chi connectivity index (χ3n) is 5.23. The molecule has 0 spiro atoms. The van der Waals surface area contributed by atoms with Crippen LogP contribution in [0.4, 0.5) is 0 Å². The van der Waals surface area contributed by atoms with Gasteiger partial charge in [0.15, 0.2) is 5.16 Å². The van der Waals surface area contributed by atoms with E-state index in [0.29, 0.717) is 5.75 Å². The Morgan fingerprint density at radius 2 is 1.72 bits per heavy atom. The van der Waals surface area contributed by atoms with Gasteiger partial charge in [-0.05, 0) is 40.7 Å². The summed E-state index contributed by atoms with van der Waals surface area (Å²) in [6.45, 7) is 12.4. The number of hydrogen-bond acceptors (Lipinski definition) is 5. The molecule has 1 heterocycles. The van der Waals surface area contributed by atoms with Gasteiger partial charge in [0.05, 0.1) is 23.0 Å². The summed E-state index contributed by atoms with van der Waals surface area (Å²) >= 11 is 1.37. The van der Waals surface area contributed by atoms with Gasteiger partial charge in [-0.15, -0.1) is 0 Å². The molecule has 7 heteroatoms. The van der Waals surface area contributed by atoms with Crippen molar-refractivity contribution in [3.8, 4) is 5.75 Å². The van der Waals surface area contributed by atoms with E-state index in [1.807, 2.05) is 48.0 Å². The summed E-state index contributed by atoms with van der Waals surface area (Å²) in [5, 5.41) is 15.8. The summed E-state index contributed by atoms with van der Waals surface area (Å²) in [5.41, 5.74) is 6.64. The number of aryl methyl sites for hydroxylation is 1. The number of para-hydroxylation sites is 2. The van der Waals surface area contributed by atoms with E-state index < -0.39 is 0 Å². The molecule has 1 aromatic heterocycles. The smallest absolute Gasteiger partial charge is 0.250 e. The highest BCUT2D eigenvalue weighted by Crippen LogP contribution is 2.39. The third-order valence-corrected chi connectivity index (χ3v) is 6.26. The van der Waals surface area contributed by atoms with Gasteiger partial charge >= 0.3 is 0 Å². The Hall–Kier alpha value is -2.80. The summed E-state index contributed by atoms with van der Waals surface area (Å²) in [4.78, 5) is 16.9. The highest BCUT2D eigenvalue weighted by atomic mass is 32.2. The molecule has 3 rings (SSSR count). The maximum absolute atomic E-state index is 12.3. The fraction of sp³-hybridized carbons (Fsp3) is 0.400. The zero-order valence-corrected chi connectivity index (χ0v) is 20.7. The Morgan fingerprint density at radius 1 is 1.12 bits per heavy atom. The van der Waals surface area contributed by atoms with E-state index in [1.54, 1.807) is 6.21 Å². The quantitative estimate of drug-likeness (QED) is 0.320. The maximum Gasteiger partial charge on any atom is 0.250 e. The third kappa shape index (κ3) is 5.33. The molecule has 0 aliphatic rings. The number of carbonyl (C=O) groups excluding carboxylic acids is 1.